The highest BCUT2D eigenvalue weighted by Gasteiger charge is 2.47. The van der Waals surface area contributed by atoms with Gasteiger partial charge in [-0.05, 0) is 87.7 Å². The molecule has 2 aliphatic heterocycles. The van der Waals surface area contributed by atoms with E-state index >= 15 is 0 Å². The third-order valence-corrected chi connectivity index (χ3v) is 9.21. The maximum Gasteiger partial charge on any atom is 0.252 e. The summed E-state index contributed by atoms with van der Waals surface area (Å²) in [7, 11) is 3.11. The van der Waals surface area contributed by atoms with E-state index in [0.717, 1.165) is 64.9 Å². The quantitative estimate of drug-likeness (QED) is 0.521. The molecule has 2 aromatic carbocycles. The summed E-state index contributed by atoms with van der Waals surface area (Å²) in [4.78, 5) is 23.0. The summed E-state index contributed by atoms with van der Waals surface area (Å²) in [6.45, 7) is 5.31. The van der Waals surface area contributed by atoms with Gasteiger partial charge < -0.3 is 19.9 Å². The van der Waals surface area contributed by atoms with E-state index in [0.29, 0.717) is 11.6 Å². The van der Waals surface area contributed by atoms with E-state index in [1.807, 2.05) is 37.4 Å². The van der Waals surface area contributed by atoms with Crippen LogP contribution in [0, 0.1) is 6.92 Å². The highest BCUT2D eigenvalue weighted by molar-refractivity contribution is 6.11. The van der Waals surface area contributed by atoms with Crippen LogP contribution in [-0.4, -0.2) is 64.5 Å². The van der Waals surface area contributed by atoms with Gasteiger partial charge in [-0.15, -0.1) is 0 Å². The molecule has 1 saturated carbocycles. The number of nitrogens with one attached hydrogen (secondary N) is 1. The van der Waals surface area contributed by atoms with Gasteiger partial charge in [0, 0.05) is 42.0 Å². The second-order valence-electron chi connectivity index (χ2n) is 10.6. The predicted octanol–water partition coefficient (Wildman–Crippen LogP) is 2.95. The first kappa shape index (κ1) is 22.6. The maximum absolute atomic E-state index is 13.6. The van der Waals surface area contributed by atoms with Gasteiger partial charge in [0.25, 0.3) is 5.91 Å². The Morgan fingerprint density at radius 3 is 2.69 bits per heavy atom. The largest absolute Gasteiger partial charge is 0.494 e. The molecule has 3 heterocycles. The van der Waals surface area contributed by atoms with E-state index in [-0.39, 0.29) is 17.2 Å². The van der Waals surface area contributed by atoms with Crippen LogP contribution in [0.15, 0.2) is 48.7 Å². The molecule has 6 rings (SSSR count). The van der Waals surface area contributed by atoms with Gasteiger partial charge in [0.05, 0.1) is 27.0 Å². The van der Waals surface area contributed by atoms with Crippen molar-refractivity contribution in [1.82, 2.24) is 15.2 Å². The van der Waals surface area contributed by atoms with Crippen LogP contribution in [0.2, 0.25) is 0 Å². The number of fused-ring (bicyclic) bond motifs is 1. The van der Waals surface area contributed by atoms with Gasteiger partial charge in [-0.25, -0.2) is 0 Å². The number of benzene rings is 2. The van der Waals surface area contributed by atoms with Gasteiger partial charge in [0.2, 0.25) is 0 Å². The Hall–Kier alpha value is -2.90. The van der Waals surface area contributed by atoms with Crippen LogP contribution in [0.1, 0.15) is 47.2 Å². The van der Waals surface area contributed by atoms with Crippen LogP contribution >= 0.6 is 0 Å². The molecule has 1 amide bonds. The van der Waals surface area contributed by atoms with Gasteiger partial charge in [0.15, 0.2) is 0 Å². The van der Waals surface area contributed by atoms with Gasteiger partial charge in [0.1, 0.15) is 5.75 Å². The molecule has 7 heteroatoms. The summed E-state index contributed by atoms with van der Waals surface area (Å²) in [6, 6.07) is 15.0. The zero-order valence-corrected chi connectivity index (χ0v) is 22.9. The molecule has 6 nitrogen and oxygen atoms in total. The van der Waals surface area contributed by atoms with E-state index in [1.54, 1.807) is 0 Å². The molecule has 0 bridgehead atoms. The fraction of sp³-hybridized carbons (Fsp3) is 0.429. The molecule has 0 unspecified atom stereocenters. The van der Waals surface area contributed by atoms with Crippen molar-refractivity contribution in [1.29, 1.82) is 0 Å². The van der Waals surface area contributed by atoms with Crippen LogP contribution in [-0.2, 0) is 5.54 Å². The molecular weight excluding hydrogens is 452 g/mol. The molecule has 3 aliphatic rings. The number of carbonyl (C=O) groups is 1. The Morgan fingerprint density at radius 1 is 1.20 bits per heavy atom. The summed E-state index contributed by atoms with van der Waals surface area (Å²) in [6.07, 6.45) is 6.15. The van der Waals surface area contributed by atoms with Crippen molar-refractivity contribution in [3.8, 4) is 5.75 Å². The molecule has 0 radical (unpaired) electrons. The zero-order valence-electron chi connectivity index (χ0n) is 20.9. The van der Waals surface area contributed by atoms with Crippen molar-refractivity contribution in [2.75, 3.05) is 31.6 Å². The highest BCUT2D eigenvalue weighted by atomic mass is 28.1. The van der Waals surface area contributed by atoms with Crippen LogP contribution in [0.4, 0.5) is 5.69 Å². The molecule has 1 aromatic heterocycles. The molecule has 2 saturated heterocycles. The molecular formula is C28H34N4O2Si. The van der Waals surface area contributed by atoms with Gasteiger partial charge in [-0.3, -0.25) is 9.78 Å². The maximum atomic E-state index is 13.6. The third-order valence-electron chi connectivity index (χ3n) is 8.21. The number of carbonyl (C=O) groups excluding carboxylic acids is 1. The average Bonchev–Trinajstić information content (AvgIpc) is 3.58. The van der Waals surface area contributed by atoms with Gasteiger partial charge in [-0.2, -0.15) is 0 Å². The van der Waals surface area contributed by atoms with E-state index in [9.17, 15) is 4.79 Å². The number of rotatable bonds is 7. The number of aryl methyl sites for hydroxylation is 1. The molecule has 0 spiro atoms. The highest BCUT2D eigenvalue weighted by Crippen LogP contribution is 2.49. The van der Waals surface area contributed by atoms with E-state index in [4.69, 9.17) is 4.74 Å². The first-order valence-corrected chi connectivity index (χ1v) is 14.0. The molecule has 3 aromatic rings. The summed E-state index contributed by atoms with van der Waals surface area (Å²) in [5, 5.41) is 4.56. The monoisotopic (exact) mass is 486 g/mol. The van der Waals surface area contributed by atoms with E-state index in [1.165, 1.54) is 24.1 Å². The Kier molecular flexibility index (Phi) is 5.57. The Bertz CT molecular complexity index is 1290. The normalized spacial score (nSPS) is 21.8. The smallest absolute Gasteiger partial charge is 0.252 e. The van der Waals surface area contributed by atoms with Crippen molar-refractivity contribution in [3.05, 3.63) is 65.4 Å². The van der Waals surface area contributed by atoms with Crippen LogP contribution in [0.3, 0.4) is 0 Å². The lowest BCUT2D eigenvalue weighted by Gasteiger charge is -2.41. The van der Waals surface area contributed by atoms with Gasteiger partial charge >= 0.3 is 0 Å². The minimum Gasteiger partial charge on any atom is -0.494 e. The minimum atomic E-state index is -0.336. The van der Waals surface area contributed by atoms with Crippen molar-refractivity contribution in [2.24, 2.45) is 0 Å². The first-order valence-electron chi connectivity index (χ1n) is 12.9. The number of nitrogens with zero attached hydrogens (tertiary/aromatic N) is 3. The topological polar surface area (TPSA) is 57.7 Å². The summed E-state index contributed by atoms with van der Waals surface area (Å²) < 4.78 is 6.31. The standard InChI is InChI=1S/C28H34N4O2Si/c1-18-6-7-20(34-27(35)25-8-14-31(25)2)17-22(18)26(33)30-28(9-10-28)23-15-19(32-12-4-13-32)16-24-21(23)5-3-11-29-24/h3,5-7,11,15-17,25,27H,4,8-10,12-14H2,1-2,35H3,(H,30,33)/t25-,27-/m0/s1. The summed E-state index contributed by atoms with van der Waals surface area (Å²) >= 11 is 0. The first-order chi connectivity index (χ1) is 16.9. The van der Waals surface area contributed by atoms with Gasteiger partial charge in [-0.1, -0.05) is 12.1 Å². The van der Waals surface area contributed by atoms with E-state index in [2.05, 4.69) is 45.3 Å². The number of aromatic nitrogens is 1. The zero-order chi connectivity index (χ0) is 24.2. The van der Waals surface area contributed by atoms with Crippen molar-refractivity contribution in [3.63, 3.8) is 0 Å². The number of ether oxygens (including phenoxy) is 1. The number of likely N-dealkylation sites (N-methyl/N-ethyl adjacent to an activating group) is 1. The third kappa shape index (κ3) is 4.10. The van der Waals surface area contributed by atoms with Crippen molar-refractivity contribution >= 4 is 32.7 Å². The second-order valence-corrected chi connectivity index (χ2v) is 11.7. The molecule has 3 fully saturated rings. The number of anilines is 1. The van der Waals surface area contributed by atoms with Crippen LogP contribution in [0.5, 0.6) is 5.75 Å². The SMILES string of the molecule is Cc1ccc(O[C@@H]([SiH3])[C@@H]2CCN2C)cc1C(=O)NC1(c2cc(N3CCC3)cc3ncccc23)CC1. The summed E-state index contributed by atoms with van der Waals surface area (Å²) in [5.41, 5.74) is 4.96. The predicted molar refractivity (Wildman–Crippen MR) is 144 cm³/mol. The second kappa shape index (κ2) is 8.64. The minimum absolute atomic E-state index is 0.0255. The average molecular weight is 487 g/mol. The lowest BCUT2D eigenvalue weighted by atomic mass is 9.96. The number of amides is 1. The van der Waals surface area contributed by atoms with E-state index < -0.39 is 0 Å². The Morgan fingerprint density at radius 2 is 2.03 bits per heavy atom. The number of likely N-dealkylation sites (tertiary alicyclic amines) is 1. The number of pyridine rings is 1. The lowest BCUT2D eigenvalue weighted by molar-refractivity contribution is 0.0562. The molecule has 1 aliphatic carbocycles. The van der Waals surface area contributed by atoms with Crippen LogP contribution < -0.4 is 15.0 Å². The number of hydrogen-bond acceptors (Lipinski definition) is 5. The van der Waals surface area contributed by atoms with Crippen molar-refractivity contribution < 1.29 is 9.53 Å². The molecule has 2 atom stereocenters. The Balaban J connectivity index is 1.27. The van der Waals surface area contributed by atoms with Crippen LogP contribution in [0.25, 0.3) is 10.9 Å². The molecule has 35 heavy (non-hydrogen) atoms. The fourth-order valence-electron chi connectivity index (χ4n) is 5.53. The van der Waals surface area contributed by atoms with Crippen molar-refractivity contribution in [2.45, 2.75) is 49.9 Å². The number of hydrogen-bond donors (Lipinski definition) is 1. The molecule has 1 N–H and O–H groups in total. The molecule has 182 valence electrons. The summed E-state index contributed by atoms with van der Waals surface area (Å²) in [5.74, 6) is 0.767. The lowest BCUT2D eigenvalue weighted by Crippen LogP contribution is -2.53. The Labute approximate surface area is 210 Å². The fourth-order valence-corrected chi connectivity index (χ4v) is 6.65.